The lowest BCUT2D eigenvalue weighted by atomic mass is 10.1. The first-order valence-electron chi connectivity index (χ1n) is 5.00. The molecule has 0 saturated heterocycles. The van der Waals surface area contributed by atoms with Crippen LogP contribution in [-0.4, -0.2) is 6.21 Å². The Balaban J connectivity index is 4.60. The molecule has 0 amide bonds. The molecule has 0 aliphatic rings. The highest BCUT2D eigenvalue weighted by Gasteiger charge is 1.96. The molecule has 0 aromatic carbocycles. The van der Waals surface area contributed by atoms with E-state index in [2.05, 4.69) is 45.7 Å². The van der Waals surface area contributed by atoms with Gasteiger partial charge >= 0.3 is 0 Å². The van der Waals surface area contributed by atoms with Gasteiger partial charge in [-0.3, -0.25) is 4.99 Å². The second-order valence-electron chi connectivity index (χ2n) is 3.23. The number of hydrogen-bond donors (Lipinski definition) is 0. The van der Waals surface area contributed by atoms with Crippen LogP contribution in [0.25, 0.3) is 0 Å². The lowest BCUT2D eigenvalue weighted by molar-refractivity contribution is 1.13. The van der Waals surface area contributed by atoms with Gasteiger partial charge in [0.25, 0.3) is 0 Å². The van der Waals surface area contributed by atoms with Crippen molar-refractivity contribution in [3.05, 3.63) is 22.9 Å². The van der Waals surface area contributed by atoms with Crippen LogP contribution in [0.1, 0.15) is 47.5 Å². The van der Waals surface area contributed by atoms with Crippen molar-refractivity contribution < 1.29 is 0 Å². The number of nitrogens with zero attached hydrogens (tertiary/aromatic N) is 1. The fourth-order valence-corrected chi connectivity index (χ4v) is 1.07. The highest BCUT2D eigenvalue weighted by molar-refractivity contribution is 5.58. The lowest BCUT2D eigenvalue weighted by Gasteiger charge is -2.03. The van der Waals surface area contributed by atoms with Crippen molar-refractivity contribution >= 4 is 6.21 Å². The van der Waals surface area contributed by atoms with E-state index < -0.39 is 0 Å². The Morgan fingerprint density at radius 2 is 1.69 bits per heavy atom. The maximum Gasteiger partial charge on any atom is 0.0400 e. The number of aliphatic imine (C=N–C) groups is 1. The van der Waals surface area contributed by atoms with E-state index in [4.69, 9.17) is 0 Å². The smallest absolute Gasteiger partial charge is 0.0400 e. The van der Waals surface area contributed by atoms with Gasteiger partial charge in [-0.1, -0.05) is 25.5 Å². The van der Waals surface area contributed by atoms with Gasteiger partial charge in [0.15, 0.2) is 0 Å². The number of hydrogen-bond acceptors (Lipinski definition) is 1. The molecule has 0 rings (SSSR count). The van der Waals surface area contributed by atoms with Gasteiger partial charge in [0, 0.05) is 11.9 Å². The highest BCUT2D eigenvalue weighted by Crippen LogP contribution is 2.14. The molecule has 0 radical (unpaired) electrons. The Morgan fingerprint density at radius 1 is 1.08 bits per heavy atom. The Kier molecular flexibility index (Phi) is 6.21. The maximum absolute atomic E-state index is 4.36. The largest absolute Gasteiger partial charge is 0.266 e. The third-order valence-electron chi connectivity index (χ3n) is 2.11. The SMILES string of the molecule is CCC=N/C(C)=C(C)\C(C)=C\CC. The van der Waals surface area contributed by atoms with Gasteiger partial charge in [0.1, 0.15) is 0 Å². The third-order valence-corrected chi connectivity index (χ3v) is 2.11. The molecule has 1 heteroatoms. The average molecular weight is 179 g/mol. The summed E-state index contributed by atoms with van der Waals surface area (Å²) < 4.78 is 0. The average Bonchev–Trinajstić information content (AvgIpc) is 2.13. The molecule has 0 fully saturated rings. The molecule has 0 spiro atoms. The summed E-state index contributed by atoms with van der Waals surface area (Å²) in [5.74, 6) is 0. The fourth-order valence-electron chi connectivity index (χ4n) is 1.07. The van der Waals surface area contributed by atoms with Crippen molar-refractivity contribution in [2.75, 3.05) is 0 Å². The van der Waals surface area contributed by atoms with Gasteiger partial charge in [-0.2, -0.15) is 0 Å². The van der Waals surface area contributed by atoms with Crippen LogP contribution < -0.4 is 0 Å². The molecule has 0 bridgehead atoms. The monoisotopic (exact) mass is 179 g/mol. The second kappa shape index (κ2) is 6.64. The quantitative estimate of drug-likeness (QED) is 0.455. The van der Waals surface area contributed by atoms with Crippen molar-refractivity contribution in [3.8, 4) is 0 Å². The standard InChI is InChI=1S/C12H21N/c1-6-8-10(3)11(4)12(5)13-9-7-2/h8-9H,6-7H2,1-5H3/b10-8+,12-11-,13-9?. The molecular formula is C12H21N. The molecule has 0 saturated carbocycles. The minimum atomic E-state index is 1.00. The summed E-state index contributed by atoms with van der Waals surface area (Å²) in [6, 6.07) is 0. The van der Waals surface area contributed by atoms with Crippen LogP contribution in [0.15, 0.2) is 27.9 Å². The van der Waals surface area contributed by atoms with E-state index in [-0.39, 0.29) is 0 Å². The third kappa shape index (κ3) is 4.66. The molecule has 0 aromatic rings. The normalized spacial score (nSPS) is 15.0. The molecule has 0 aliphatic heterocycles. The Bertz CT molecular complexity index is 232. The molecule has 0 atom stereocenters. The Labute approximate surface area is 82.3 Å². The van der Waals surface area contributed by atoms with Crippen molar-refractivity contribution in [1.82, 2.24) is 0 Å². The van der Waals surface area contributed by atoms with Crippen LogP contribution in [0, 0.1) is 0 Å². The summed E-state index contributed by atoms with van der Waals surface area (Å²) in [6.45, 7) is 10.6. The molecule has 0 N–H and O–H groups in total. The zero-order valence-electron chi connectivity index (χ0n) is 9.52. The summed E-state index contributed by atoms with van der Waals surface area (Å²) in [5.41, 5.74) is 3.77. The van der Waals surface area contributed by atoms with Crippen molar-refractivity contribution in [3.63, 3.8) is 0 Å². The van der Waals surface area contributed by atoms with Crippen LogP contribution in [0.2, 0.25) is 0 Å². The van der Waals surface area contributed by atoms with Crippen LogP contribution in [0.5, 0.6) is 0 Å². The van der Waals surface area contributed by atoms with E-state index in [1.165, 1.54) is 11.1 Å². The summed E-state index contributed by atoms with van der Waals surface area (Å²) in [4.78, 5) is 4.36. The molecule has 0 unspecified atom stereocenters. The van der Waals surface area contributed by atoms with Crippen LogP contribution in [0.4, 0.5) is 0 Å². The van der Waals surface area contributed by atoms with Crippen molar-refractivity contribution in [2.24, 2.45) is 4.99 Å². The maximum atomic E-state index is 4.36. The zero-order valence-corrected chi connectivity index (χ0v) is 9.52. The molecule has 0 aromatic heterocycles. The van der Waals surface area contributed by atoms with E-state index in [0.717, 1.165) is 18.5 Å². The van der Waals surface area contributed by atoms with Crippen LogP contribution >= 0.6 is 0 Å². The molecule has 74 valence electrons. The predicted octanol–water partition coefficient (Wildman–Crippen LogP) is 4.12. The second-order valence-corrected chi connectivity index (χ2v) is 3.23. The summed E-state index contributed by atoms with van der Waals surface area (Å²) >= 11 is 0. The van der Waals surface area contributed by atoms with Crippen LogP contribution in [0.3, 0.4) is 0 Å². The van der Waals surface area contributed by atoms with Gasteiger partial charge in [-0.25, -0.2) is 0 Å². The minimum absolute atomic E-state index is 1.00. The number of allylic oxidation sites excluding steroid dienone is 4. The first-order chi connectivity index (χ1) is 6.13. The van der Waals surface area contributed by atoms with E-state index >= 15 is 0 Å². The summed E-state index contributed by atoms with van der Waals surface area (Å²) in [6.07, 6.45) is 6.29. The topological polar surface area (TPSA) is 12.4 Å². The van der Waals surface area contributed by atoms with Gasteiger partial charge in [0.05, 0.1) is 0 Å². The van der Waals surface area contributed by atoms with Crippen molar-refractivity contribution in [1.29, 1.82) is 0 Å². The Hall–Kier alpha value is -0.850. The zero-order chi connectivity index (χ0) is 10.3. The van der Waals surface area contributed by atoms with Gasteiger partial charge in [-0.15, -0.1) is 0 Å². The van der Waals surface area contributed by atoms with Gasteiger partial charge in [0.2, 0.25) is 0 Å². The molecule has 0 heterocycles. The fraction of sp³-hybridized carbons (Fsp3) is 0.583. The first kappa shape index (κ1) is 12.2. The van der Waals surface area contributed by atoms with Gasteiger partial charge < -0.3 is 0 Å². The first-order valence-corrected chi connectivity index (χ1v) is 5.00. The molecule has 0 aliphatic carbocycles. The molecule has 1 nitrogen and oxygen atoms in total. The van der Waals surface area contributed by atoms with Crippen LogP contribution in [-0.2, 0) is 0 Å². The van der Waals surface area contributed by atoms with Crippen molar-refractivity contribution in [2.45, 2.75) is 47.5 Å². The molecular weight excluding hydrogens is 158 g/mol. The van der Waals surface area contributed by atoms with Gasteiger partial charge in [-0.05, 0) is 39.2 Å². The van der Waals surface area contributed by atoms with E-state index in [1.54, 1.807) is 0 Å². The lowest BCUT2D eigenvalue weighted by Crippen LogP contribution is -1.85. The van der Waals surface area contributed by atoms with E-state index in [0.29, 0.717) is 0 Å². The number of rotatable bonds is 4. The summed E-state index contributed by atoms with van der Waals surface area (Å²) in [7, 11) is 0. The van der Waals surface area contributed by atoms with E-state index in [1.807, 2.05) is 6.21 Å². The van der Waals surface area contributed by atoms with E-state index in [9.17, 15) is 0 Å². The highest BCUT2D eigenvalue weighted by atomic mass is 14.7. The predicted molar refractivity (Wildman–Crippen MR) is 61.2 cm³/mol. The minimum Gasteiger partial charge on any atom is -0.266 e. The Morgan fingerprint density at radius 3 is 2.15 bits per heavy atom. The molecule has 13 heavy (non-hydrogen) atoms. The summed E-state index contributed by atoms with van der Waals surface area (Å²) in [5, 5.41) is 0.